The van der Waals surface area contributed by atoms with Gasteiger partial charge in [-0.1, -0.05) is 19.1 Å². The van der Waals surface area contributed by atoms with Crippen molar-refractivity contribution in [3.8, 4) is 11.5 Å². The van der Waals surface area contributed by atoms with Crippen LogP contribution in [-0.4, -0.2) is 38.5 Å². The van der Waals surface area contributed by atoms with Crippen molar-refractivity contribution in [2.24, 2.45) is 0 Å². The summed E-state index contributed by atoms with van der Waals surface area (Å²) in [5.41, 5.74) is 2.46. The SMILES string of the molecule is CCN(Cc1ccc(OC)c(OC)c1)S(=O)(=O)c1ccc(C)c2ncccc12. The maximum Gasteiger partial charge on any atom is 0.244 e. The molecule has 0 aliphatic heterocycles. The van der Waals surface area contributed by atoms with Crippen LogP contribution in [0.3, 0.4) is 0 Å². The Balaban J connectivity index is 2.02. The quantitative estimate of drug-likeness (QED) is 0.604. The minimum Gasteiger partial charge on any atom is -0.493 e. The number of hydrogen-bond acceptors (Lipinski definition) is 5. The summed E-state index contributed by atoms with van der Waals surface area (Å²) < 4.78 is 38.9. The number of aromatic nitrogens is 1. The van der Waals surface area contributed by atoms with E-state index in [2.05, 4.69) is 4.98 Å². The molecule has 3 rings (SSSR count). The monoisotopic (exact) mass is 400 g/mol. The number of rotatable bonds is 7. The smallest absolute Gasteiger partial charge is 0.244 e. The van der Waals surface area contributed by atoms with Gasteiger partial charge >= 0.3 is 0 Å². The molecule has 1 aromatic heterocycles. The molecule has 0 unspecified atom stereocenters. The lowest BCUT2D eigenvalue weighted by molar-refractivity contribution is 0.353. The minimum absolute atomic E-state index is 0.231. The summed E-state index contributed by atoms with van der Waals surface area (Å²) in [6.45, 7) is 4.32. The molecule has 0 fully saturated rings. The summed E-state index contributed by atoms with van der Waals surface area (Å²) in [4.78, 5) is 4.62. The molecule has 3 aromatic rings. The Kier molecular flexibility index (Phi) is 5.86. The molecule has 0 radical (unpaired) electrons. The van der Waals surface area contributed by atoms with Crippen molar-refractivity contribution in [3.63, 3.8) is 0 Å². The van der Waals surface area contributed by atoms with Gasteiger partial charge in [-0.05, 0) is 48.4 Å². The number of benzene rings is 2. The Morgan fingerprint density at radius 2 is 1.79 bits per heavy atom. The van der Waals surface area contributed by atoms with Gasteiger partial charge in [0.2, 0.25) is 10.0 Å². The van der Waals surface area contributed by atoms with Gasteiger partial charge in [0, 0.05) is 24.7 Å². The predicted octanol–water partition coefficient (Wildman–Crippen LogP) is 3.77. The Hall–Kier alpha value is -2.64. The maximum atomic E-state index is 13.4. The van der Waals surface area contributed by atoms with Crippen LogP contribution >= 0.6 is 0 Å². The van der Waals surface area contributed by atoms with Gasteiger partial charge in [0.25, 0.3) is 0 Å². The second-order valence-corrected chi connectivity index (χ2v) is 8.31. The Morgan fingerprint density at radius 3 is 2.46 bits per heavy atom. The van der Waals surface area contributed by atoms with E-state index in [-0.39, 0.29) is 11.4 Å². The number of fused-ring (bicyclic) bond motifs is 1. The number of methoxy groups -OCH3 is 2. The minimum atomic E-state index is -3.71. The van der Waals surface area contributed by atoms with E-state index in [0.29, 0.717) is 28.9 Å². The van der Waals surface area contributed by atoms with Crippen molar-refractivity contribution < 1.29 is 17.9 Å². The number of sulfonamides is 1. The van der Waals surface area contributed by atoms with Crippen molar-refractivity contribution in [1.29, 1.82) is 0 Å². The molecule has 0 saturated carbocycles. The number of pyridine rings is 1. The predicted molar refractivity (Wildman–Crippen MR) is 109 cm³/mol. The van der Waals surface area contributed by atoms with Gasteiger partial charge in [0.15, 0.2) is 11.5 Å². The van der Waals surface area contributed by atoms with Crippen LogP contribution in [0.15, 0.2) is 53.6 Å². The van der Waals surface area contributed by atoms with E-state index in [0.717, 1.165) is 11.1 Å². The van der Waals surface area contributed by atoms with Crippen molar-refractivity contribution in [2.45, 2.75) is 25.3 Å². The van der Waals surface area contributed by atoms with E-state index in [4.69, 9.17) is 9.47 Å². The highest BCUT2D eigenvalue weighted by atomic mass is 32.2. The van der Waals surface area contributed by atoms with Crippen molar-refractivity contribution in [2.75, 3.05) is 20.8 Å². The van der Waals surface area contributed by atoms with E-state index in [1.807, 2.05) is 19.9 Å². The molecule has 7 heteroatoms. The summed E-state index contributed by atoms with van der Waals surface area (Å²) in [6.07, 6.45) is 1.67. The Labute approximate surface area is 165 Å². The van der Waals surface area contributed by atoms with Crippen molar-refractivity contribution >= 4 is 20.9 Å². The van der Waals surface area contributed by atoms with E-state index < -0.39 is 10.0 Å². The van der Waals surface area contributed by atoms with Crippen LogP contribution in [0.5, 0.6) is 11.5 Å². The molecule has 2 aromatic carbocycles. The fourth-order valence-corrected chi connectivity index (χ4v) is 4.82. The molecular formula is C21H24N2O4S. The average Bonchev–Trinajstić information content (AvgIpc) is 2.71. The van der Waals surface area contributed by atoms with Crippen LogP contribution in [0.25, 0.3) is 10.9 Å². The number of ether oxygens (including phenoxy) is 2. The Bertz CT molecular complexity index is 1100. The molecular weight excluding hydrogens is 376 g/mol. The molecule has 0 spiro atoms. The van der Waals surface area contributed by atoms with Gasteiger partial charge in [-0.3, -0.25) is 4.98 Å². The fraction of sp³-hybridized carbons (Fsp3) is 0.286. The first-order valence-corrected chi connectivity index (χ1v) is 10.4. The van der Waals surface area contributed by atoms with Crippen LogP contribution in [0, 0.1) is 6.92 Å². The molecule has 0 aliphatic rings. The average molecular weight is 401 g/mol. The van der Waals surface area contributed by atoms with E-state index in [1.165, 1.54) is 4.31 Å². The second-order valence-electron chi connectivity index (χ2n) is 6.40. The highest BCUT2D eigenvalue weighted by molar-refractivity contribution is 7.89. The lowest BCUT2D eigenvalue weighted by Gasteiger charge is -2.22. The summed E-state index contributed by atoms with van der Waals surface area (Å²) in [6, 6.07) is 12.4. The van der Waals surface area contributed by atoms with Gasteiger partial charge in [-0.15, -0.1) is 0 Å². The first kappa shape index (κ1) is 20.1. The third kappa shape index (κ3) is 3.68. The van der Waals surface area contributed by atoms with Gasteiger partial charge in [0.05, 0.1) is 24.6 Å². The van der Waals surface area contributed by atoms with Gasteiger partial charge in [0.1, 0.15) is 0 Å². The Morgan fingerprint density at radius 1 is 1.04 bits per heavy atom. The van der Waals surface area contributed by atoms with Gasteiger partial charge < -0.3 is 9.47 Å². The molecule has 0 atom stereocenters. The molecule has 0 amide bonds. The zero-order valence-corrected chi connectivity index (χ0v) is 17.3. The zero-order valence-electron chi connectivity index (χ0n) is 16.5. The van der Waals surface area contributed by atoms with Gasteiger partial charge in [-0.2, -0.15) is 4.31 Å². The first-order valence-electron chi connectivity index (χ1n) is 8.97. The van der Waals surface area contributed by atoms with Crippen molar-refractivity contribution in [3.05, 3.63) is 59.8 Å². The lowest BCUT2D eigenvalue weighted by atomic mass is 10.1. The summed E-state index contributed by atoms with van der Waals surface area (Å²) in [5, 5.41) is 0.633. The lowest BCUT2D eigenvalue weighted by Crippen LogP contribution is -2.30. The summed E-state index contributed by atoms with van der Waals surface area (Å²) in [7, 11) is -0.583. The third-order valence-corrected chi connectivity index (χ3v) is 6.69. The van der Waals surface area contributed by atoms with Crippen LogP contribution in [0.4, 0.5) is 0 Å². The van der Waals surface area contributed by atoms with E-state index in [1.54, 1.807) is 56.8 Å². The standard InChI is InChI=1S/C21H24N2O4S/c1-5-23(14-16-9-10-18(26-3)19(13-16)27-4)28(24,25)20-11-8-15(2)21-17(20)7-6-12-22-21/h6-13H,5,14H2,1-4H3. The number of hydrogen-bond donors (Lipinski definition) is 0. The van der Waals surface area contributed by atoms with Crippen LogP contribution in [0.2, 0.25) is 0 Å². The molecule has 0 bridgehead atoms. The van der Waals surface area contributed by atoms with Crippen molar-refractivity contribution in [1.82, 2.24) is 9.29 Å². The van der Waals surface area contributed by atoms with E-state index >= 15 is 0 Å². The summed E-state index contributed by atoms with van der Waals surface area (Å²) in [5.74, 6) is 1.17. The third-order valence-electron chi connectivity index (χ3n) is 4.71. The topological polar surface area (TPSA) is 68.7 Å². The molecule has 148 valence electrons. The molecule has 1 heterocycles. The second kappa shape index (κ2) is 8.16. The van der Waals surface area contributed by atoms with Gasteiger partial charge in [-0.25, -0.2) is 8.42 Å². The fourth-order valence-electron chi connectivity index (χ4n) is 3.20. The van der Waals surface area contributed by atoms with E-state index in [9.17, 15) is 8.42 Å². The number of nitrogens with zero attached hydrogens (tertiary/aromatic N) is 2. The zero-order chi connectivity index (χ0) is 20.3. The van der Waals surface area contributed by atoms with Crippen LogP contribution < -0.4 is 9.47 Å². The highest BCUT2D eigenvalue weighted by Gasteiger charge is 2.26. The molecule has 0 saturated heterocycles. The molecule has 6 nitrogen and oxygen atoms in total. The normalized spacial score (nSPS) is 11.8. The first-order chi connectivity index (χ1) is 13.4. The molecule has 0 N–H and O–H groups in total. The largest absolute Gasteiger partial charge is 0.493 e. The maximum absolute atomic E-state index is 13.4. The molecule has 28 heavy (non-hydrogen) atoms. The van der Waals surface area contributed by atoms with Crippen LogP contribution in [-0.2, 0) is 16.6 Å². The number of aryl methyl sites for hydroxylation is 1. The van der Waals surface area contributed by atoms with Crippen LogP contribution in [0.1, 0.15) is 18.1 Å². The highest BCUT2D eigenvalue weighted by Crippen LogP contribution is 2.30. The summed E-state index contributed by atoms with van der Waals surface area (Å²) >= 11 is 0. The molecule has 0 aliphatic carbocycles.